The van der Waals surface area contributed by atoms with Crippen LogP contribution in [-0.4, -0.2) is 84.1 Å². The molecule has 1 saturated heterocycles. The van der Waals surface area contributed by atoms with Gasteiger partial charge in [0.25, 0.3) is 5.91 Å². The van der Waals surface area contributed by atoms with Crippen molar-refractivity contribution in [3.8, 4) is 11.5 Å². The lowest BCUT2D eigenvalue weighted by Gasteiger charge is -2.38. The van der Waals surface area contributed by atoms with Crippen LogP contribution in [0.1, 0.15) is 34.3 Å². The summed E-state index contributed by atoms with van der Waals surface area (Å²) in [6, 6.07) is 17.7. The number of halogens is 2. The first kappa shape index (κ1) is 27.7. The fourth-order valence-corrected chi connectivity index (χ4v) is 5.40. The minimum absolute atomic E-state index is 0.225. The van der Waals surface area contributed by atoms with E-state index in [4.69, 9.17) is 4.42 Å². The Morgan fingerprint density at radius 3 is 2.57 bits per heavy atom. The van der Waals surface area contributed by atoms with Crippen LogP contribution >= 0.6 is 0 Å². The summed E-state index contributed by atoms with van der Waals surface area (Å²) >= 11 is 0. The number of carbonyl (C=O) groups excluding carboxylic acids is 2. The molecule has 7 rings (SSSR count). The van der Waals surface area contributed by atoms with E-state index in [1.165, 1.54) is 6.20 Å². The summed E-state index contributed by atoms with van der Waals surface area (Å²) in [6.45, 7) is 1.07. The van der Waals surface area contributed by atoms with Crippen LogP contribution in [0.2, 0.25) is 0 Å². The third-order valence-electron chi connectivity index (χ3n) is 7.83. The zero-order chi connectivity index (χ0) is 30.2. The van der Waals surface area contributed by atoms with E-state index < -0.39 is 18.9 Å². The van der Waals surface area contributed by atoms with Crippen molar-refractivity contribution in [2.24, 2.45) is 5.92 Å². The molecule has 0 bridgehead atoms. The number of tetrazole rings is 1. The lowest BCUT2D eigenvalue weighted by Crippen LogP contribution is -2.50. The molecule has 0 radical (unpaired) electrons. The smallest absolute Gasteiger partial charge is 0.272 e. The van der Waals surface area contributed by atoms with Crippen LogP contribution in [0, 0.1) is 5.92 Å². The Kier molecular flexibility index (Phi) is 7.26. The van der Waals surface area contributed by atoms with Crippen LogP contribution in [0.3, 0.4) is 0 Å². The SMILES string of the molecule is O=C(Nc1ccc2oc(-c3ccnc(C(=O)N4CCN([C@@H](c5ccccc5)c5nnn(CF)n5)CC4)c3)nc2c1)[C@@H]1C[C@@H]1F. The van der Waals surface area contributed by atoms with Crippen molar-refractivity contribution >= 4 is 28.6 Å². The average Bonchev–Trinajstić information content (AvgIpc) is 3.41. The number of benzene rings is 2. The number of anilines is 1. The summed E-state index contributed by atoms with van der Waals surface area (Å²) in [5.74, 6) is -0.476. The predicted octanol–water partition coefficient (Wildman–Crippen LogP) is 3.65. The molecule has 224 valence electrons. The summed E-state index contributed by atoms with van der Waals surface area (Å²) in [4.78, 5) is 39.3. The van der Waals surface area contributed by atoms with Crippen molar-refractivity contribution in [3.63, 3.8) is 0 Å². The molecule has 0 unspecified atom stereocenters. The molecule has 2 amide bonds. The van der Waals surface area contributed by atoms with Crippen molar-refractivity contribution in [3.05, 3.63) is 83.9 Å². The second-order valence-electron chi connectivity index (χ2n) is 10.8. The molecule has 4 heterocycles. The number of pyridine rings is 1. The molecule has 14 heteroatoms. The fourth-order valence-electron chi connectivity index (χ4n) is 5.40. The lowest BCUT2D eigenvalue weighted by atomic mass is 10.0. The number of piperazine rings is 1. The second-order valence-corrected chi connectivity index (χ2v) is 10.8. The van der Waals surface area contributed by atoms with Gasteiger partial charge in [-0.1, -0.05) is 30.3 Å². The van der Waals surface area contributed by atoms with Crippen LogP contribution < -0.4 is 5.32 Å². The fraction of sp³-hybridized carbons (Fsp3) is 0.300. The molecule has 2 aromatic carbocycles. The first-order chi connectivity index (χ1) is 21.5. The average molecular weight is 600 g/mol. The van der Waals surface area contributed by atoms with E-state index in [1.54, 1.807) is 35.2 Å². The van der Waals surface area contributed by atoms with Gasteiger partial charge in [-0.25, -0.2) is 13.8 Å². The van der Waals surface area contributed by atoms with Gasteiger partial charge in [0.2, 0.25) is 18.6 Å². The normalized spacial score (nSPS) is 19.2. The third kappa shape index (κ3) is 5.51. The summed E-state index contributed by atoms with van der Waals surface area (Å²) in [5.41, 5.74) is 3.30. The molecule has 1 saturated carbocycles. The Labute approximate surface area is 249 Å². The number of alkyl halides is 2. The zero-order valence-corrected chi connectivity index (χ0v) is 23.4. The molecule has 3 atom stereocenters. The van der Waals surface area contributed by atoms with Gasteiger partial charge in [0.1, 0.15) is 17.4 Å². The number of aromatic nitrogens is 6. The molecule has 2 fully saturated rings. The van der Waals surface area contributed by atoms with Crippen molar-refractivity contribution in [1.29, 1.82) is 0 Å². The van der Waals surface area contributed by atoms with Crippen LogP contribution in [-0.2, 0) is 11.6 Å². The highest BCUT2D eigenvalue weighted by Crippen LogP contribution is 2.35. The van der Waals surface area contributed by atoms with E-state index in [2.05, 4.69) is 35.6 Å². The Balaban J connectivity index is 1.05. The number of nitrogens with zero attached hydrogens (tertiary/aromatic N) is 8. The molecule has 12 nitrogen and oxygen atoms in total. The molecule has 44 heavy (non-hydrogen) atoms. The maximum atomic E-state index is 13.5. The number of oxazole rings is 1. The molecule has 1 N–H and O–H groups in total. The van der Waals surface area contributed by atoms with Crippen molar-refractivity contribution < 1.29 is 22.8 Å². The summed E-state index contributed by atoms with van der Waals surface area (Å²) in [7, 11) is 0. The maximum absolute atomic E-state index is 13.5. The van der Waals surface area contributed by atoms with Crippen LogP contribution in [0.4, 0.5) is 14.5 Å². The molecule has 2 aliphatic rings. The van der Waals surface area contributed by atoms with Gasteiger partial charge in [-0.3, -0.25) is 19.5 Å². The number of hydrogen-bond acceptors (Lipinski definition) is 9. The highest BCUT2D eigenvalue weighted by Gasteiger charge is 2.43. The highest BCUT2D eigenvalue weighted by molar-refractivity contribution is 5.96. The Morgan fingerprint density at radius 1 is 1.05 bits per heavy atom. The zero-order valence-electron chi connectivity index (χ0n) is 23.4. The second kappa shape index (κ2) is 11.5. The third-order valence-corrected chi connectivity index (χ3v) is 7.83. The van der Waals surface area contributed by atoms with E-state index in [9.17, 15) is 18.4 Å². The van der Waals surface area contributed by atoms with Gasteiger partial charge in [0, 0.05) is 43.6 Å². The number of hydrogen-bond donors (Lipinski definition) is 1. The molecule has 5 aromatic rings. The van der Waals surface area contributed by atoms with Gasteiger partial charge >= 0.3 is 0 Å². The molecular weight excluding hydrogens is 572 g/mol. The number of carbonyl (C=O) groups is 2. The van der Waals surface area contributed by atoms with E-state index in [-0.39, 0.29) is 30.0 Å². The molecule has 1 aliphatic carbocycles. The van der Waals surface area contributed by atoms with Crippen LogP contribution in [0.15, 0.2) is 71.3 Å². The predicted molar refractivity (Wildman–Crippen MR) is 154 cm³/mol. The first-order valence-corrected chi connectivity index (χ1v) is 14.2. The molecular formula is C30H27F2N9O3. The Morgan fingerprint density at radius 2 is 1.84 bits per heavy atom. The maximum Gasteiger partial charge on any atom is 0.272 e. The number of amides is 2. The van der Waals surface area contributed by atoms with E-state index in [1.807, 2.05) is 30.3 Å². The topological polar surface area (TPSA) is 135 Å². The van der Waals surface area contributed by atoms with Crippen LogP contribution in [0.5, 0.6) is 0 Å². The van der Waals surface area contributed by atoms with Gasteiger partial charge in [-0.2, -0.15) is 0 Å². The van der Waals surface area contributed by atoms with Gasteiger partial charge in [0.15, 0.2) is 11.4 Å². The monoisotopic (exact) mass is 599 g/mol. The first-order valence-electron chi connectivity index (χ1n) is 14.2. The van der Waals surface area contributed by atoms with Crippen molar-refractivity contribution in [2.45, 2.75) is 25.4 Å². The summed E-state index contributed by atoms with van der Waals surface area (Å²) < 4.78 is 32.3. The Hall–Kier alpha value is -5.11. The molecule has 3 aromatic heterocycles. The van der Waals surface area contributed by atoms with Gasteiger partial charge in [-0.15, -0.1) is 15.0 Å². The number of fused-ring (bicyclic) bond motifs is 1. The molecule has 1 aliphatic heterocycles. The largest absolute Gasteiger partial charge is 0.436 e. The summed E-state index contributed by atoms with van der Waals surface area (Å²) in [6.07, 6.45) is 0.705. The lowest BCUT2D eigenvalue weighted by molar-refractivity contribution is -0.117. The van der Waals surface area contributed by atoms with Gasteiger partial charge in [-0.05, 0) is 47.5 Å². The van der Waals surface area contributed by atoms with Gasteiger partial charge < -0.3 is 14.6 Å². The van der Waals surface area contributed by atoms with Crippen molar-refractivity contribution in [1.82, 2.24) is 40.0 Å². The minimum atomic E-state index is -1.08. The van der Waals surface area contributed by atoms with Crippen molar-refractivity contribution in [2.75, 3.05) is 31.5 Å². The van der Waals surface area contributed by atoms with E-state index in [0.29, 0.717) is 60.2 Å². The standard InChI is InChI=1S/C30H27F2N9O3/c31-17-41-37-27(36-38-41)26(18-4-2-1-3-5-18)39-10-12-40(13-11-39)30(43)24-14-19(8-9-33-24)29-35-23-15-20(6-7-25(23)44-29)34-28(42)21-16-22(21)32/h1-9,14-15,21-22,26H,10-13,16-17H2,(H,34,42)/t21-,22+,26+/m1/s1. The van der Waals surface area contributed by atoms with Gasteiger partial charge in [0.05, 0.1) is 12.0 Å². The Bertz CT molecular complexity index is 1820. The van der Waals surface area contributed by atoms with E-state index in [0.717, 1.165) is 10.4 Å². The van der Waals surface area contributed by atoms with E-state index >= 15 is 0 Å². The number of nitrogens with one attached hydrogen (secondary N) is 1. The number of rotatable bonds is 8. The summed E-state index contributed by atoms with van der Waals surface area (Å²) in [5, 5.41) is 14.8. The molecule has 0 spiro atoms. The van der Waals surface area contributed by atoms with Crippen LogP contribution in [0.25, 0.3) is 22.6 Å². The quantitative estimate of drug-likeness (QED) is 0.284. The highest BCUT2D eigenvalue weighted by atomic mass is 19.1. The minimum Gasteiger partial charge on any atom is -0.436 e.